The second-order valence-corrected chi connectivity index (χ2v) is 3.88. The fourth-order valence-electron chi connectivity index (χ4n) is 1.68. The lowest BCUT2D eigenvalue weighted by Gasteiger charge is -2.24. The van der Waals surface area contributed by atoms with Crippen LogP contribution in [0.4, 0.5) is 5.69 Å². The van der Waals surface area contributed by atoms with Gasteiger partial charge in [-0.25, -0.2) is 9.69 Å². The van der Waals surface area contributed by atoms with E-state index in [2.05, 4.69) is 0 Å². The third kappa shape index (κ3) is 3.05. The largest absolute Gasteiger partial charge is 0.478 e. The smallest absolute Gasteiger partial charge is 0.328 e. The minimum atomic E-state index is -1.04. The molecule has 1 saturated heterocycles. The maximum Gasteiger partial charge on any atom is 0.328 e. The molecule has 6 nitrogen and oxygen atoms in total. The summed E-state index contributed by atoms with van der Waals surface area (Å²) in [5, 5.41) is 8.50. The van der Waals surface area contributed by atoms with E-state index in [0.717, 1.165) is 11.0 Å². The summed E-state index contributed by atoms with van der Waals surface area (Å²) < 4.78 is 4.82. The van der Waals surface area contributed by atoms with E-state index in [4.69, 9.17) is 9.84 Å². The molecule has 1 fully saturated rings. The third-order valence-electron chi connectivity index (χ3n) is 2.52. The van der Waals surface area contributed by atoms with Gasteiger partial charge in [0.25, 0.3) is 11.8 Å². The molecule has 0 atom stereocenters. The fourth-order valence-corrected chi connectivity index (χ4v) is 1.68. The lowest BCUT2D eigenvalue weighted by atomic mass is 10.1. The van der Waals surface area contributed by atoms with Crippen LogP contribution in [0, 0.1) is 0 Å². The summed E-state index contributed by atoms with van der Waals surface area (Å²) in [6.07, 6.45) is 2.44. The van der Waals surface area contributed by atoms with Crippen LogP contribution in [-0.4, -0.2) is 36.1 Å². The lowest BCUT2D eigenvalue weighted by Crippen LogP contribution is -2.46. The van der Waals surface area contributed by atoms with Crippen LogP contribution in [0.15, 0.2) is 30.3 Å². The summed E-state index contributed by atoms with van der Waals surface area (Å²) in [5.74, 6) is -1.86. The van der Waals surface area contributed by atoms with Gasteiger partial charge in [-0.2, -0.15) is 0 Å². The second-order valence-electron chi connectivity index (χ2n) is 3.88. The van der Waals surface area contributed by atoms with Crippen molar-refractivity contribution in [3.8, 4) is 0 Å². The molecule has 19 heavy (non-hydrogen) atoms. The van der Waals surface area contributed by atoms with Gasteiger partial charge >= 0.3 is 5.97 Å². The molecular weight excluding hydrogens is 250 g/mol. The first-order chi connectivity index (χ1) is 9.08. The van der Waals surface area contributed by atoms with Crippen molar-refractivity contribution < 1.29 is 24.2 Å². The van der Waals surface area contributed by atoms with Crippen LogP contribution in [-0.2, 0) is 19.1 Å². The number of carboxylic acid groups (broad SMARTS) is 1. The molecule has 1 heterocycles. The zero-order valence-electron chi connectivity index (χ0n) is 9.91. The predicted octanol–water partition coefficient (Wildman–Crippen LogP) is 0.674. The Labute approximate surface area is 108 Å². The number of hydrogen-bond acceptors (Lipinski definition) is 4. The molecule has 2 amide bonds. The number of carboxylic acids is 1. The van der Waals surface area contributed by atoms with E-state index in [1.165, 1.54) is 6.08 Å². The van der Waals surface area contributed by atoms with Crippen molar-refractivity contribution in [1.82, 2.24) is 0 Å². The predicted molar refractivity (Wildman–Crippen MR) is 66.4 cm³/mol. The molecule has 0 saturated carbocycles. The number of imide groups is 1. The number of aliphatic carboxylic acids is 1. The van der Waals surface area contributed by atoms with Crippen molar-refractivity contribution in [3.05, 3.63) is 35.9 Å². The summed E-state index contributed by atoms with van der Waals surface area (Å²) in [7, 11) is 0. The maximum atomic E-state index is 11.6. The van der Waals surface area contributed by atoms with Crippen LogP contribution < -0.4 is 4.90 Å². The van der Waals surface area contributed by atoms with Crippen molar-refractivity contribution in [2.75, 3.05) is 18.1 Å². The molecular formula is C13H11NO5. The number of anilines is 1. The molecule has 0 aromatic heterocycles. The number of benzene rings is 1. The normalized spacial score (nSPS) is 16.1. The Kier molecular flexibility index (Phi) is 3.72. The van der Waals surface area contributed by atoms with Crippen molar-refractivity contribution in [3.63, 3.8) is 0 Å². The Morgan fingerprint density at radius 3 is 2.26 bits per heavy atom. The van der Waals surface area contributed by atoms with Gasteiger partial charge in [-0.1, -0.05) is 12.1 Å². The highest BCUT2D eigenvalue weighted by molar-refractivity contribution is 6.17. The summed E-state index contributed by atoms with van der Waals surface area (Å²) in [6.45, 7) is -0.237. The number of nitrogens with zero attached hydrogens (tertiary/aromatic N) is 1. The van der Waals surface area contributed by atoms with Crippen LogP contribution in [0.2, 0.25) is 0 Å². The third-order valence-corrected chi connectivity index (χ3v) is 2.52. The standard InChI is InChI=1S/C13H11NO5/c15-11-7-19-8-12(16)14(11)10-4-1-9(2-5-10)3-6-13(17)18/h1-6H,7-8H2,(H,17,18). The van der Waals surface area contributed by atoms with Crippen LogP contribution in [0.3, 0.4) is 0 Å². The zero-order valence-corrected chi connectivity index (χ0v) is 9.91. The average molecular weight is 261 g/mol. The Bertz CT molecular complexity index is 531. The summed E-state index contributed by atoms with van der Waals surface area (Å²) >= 11 is 0. The quantitative estimate of drug-likeness (QED) is 0.638. The second kappa shape index (κ2) is 5.45. The van der Waals surface area contributed by atoms with Gasteiger partial charge in [0.05, 0.1) is 5.69 Å². The SMILES string of the molecule is O=C(O)C=Cc1ccc(N2C(=O)COCC2=O)cc1. The number of amides is 2. The van der Waals surface area contributed by atoms with E-state index < -0.39 is 17.8 Å². The fraction of sp³-hybridized carbons (Fsp3) is 0.154. The average Bonchev–Trinajstić information content (AvgIpc) is 2.37. The molecule has 98 valence electrons. The minimum absolute atomic E-state index is 0.119. The van der Waals surface area contributed by atoms with Crippen LogP contribution in [0.25, 0.3) is 6.08 Å². The van der Waals surface area contributed by atoms with E-state index in [0.29, 0.717) is 11.3 Å². The minimum Gasteiger partial charge on any atom is -0.478 e. The monoisotopic (exact) mass is 261 g/mol. The maximum absolute atomic E-state index is 11.6. The highest BCUT2D eigenvalue weighted by atomic mass is 16.5. The Hall–Kier alpha value is -2.47. The number of carbonyl (C=O) groups is 3. The first kappa shape index (κ1) is 13.0. The van der Waals surface area contributed by atoms with E-state index >= 15 is 0 Å². The summed E-state index contributed by atoms with van der Waals surface area (Å²) in [6, 6.07) is 6.43. The number of ether oxygens (including phenoxy) is 1. The van der Waals surface area contributed by atoms with Gasteiger partial charge in [-0.05, 0) is 23.8 Å². The van der Waals surface area contributed by atoms with Gasteiger partial charge in [-0.15, -0.1) is 0 Å². The van der Waals surface area contributed by atoms with Gasteiger partial charge < -0.3 is 9.84 Å². The van der Waals surface area contributed by atoms with Crippen LogP contribution in [0.5, 0.6) is 0 Å². The van der Waals surface area contributed by atoms with Crippen molar-refractivity contribution in [2.45, 2.75) is 0 Å². The van der Waals surface area contributed by atoms with Gasteiger partial charge in [0, 0.05) is 6.08 Å². The molecule has 0 radical (unpaired) electrons. The Morgan fingerprint density at radius 2 is 1.74 bits per heavy atom. The molecule has 0 bridgehead atoms. The molecule has 1 aliphatic rings. The molecule has 0 aliphatic carbocycles. The number of morpholine rings is 1. The molecule has 1 aliphatic heterocycles. The topological polar surface area (TPSA) is 83.9 Å². The van der Waals surface area contributed by atoms with E-state index in [9.17, 15) is 14.4 Å². The van der Waals surface area contributed by atoms with Crippen molar-refractivity contribution in [2.24, 2.45) is 0 Å². The lowest BCUT2D eigenvalue weighted by molar-refractivity contribution is -0.138. The molecule has 0 spiro atoms. The van der Waals surface area contributed by atoms with Crippen molar-refractivity contribution in [1.29, 1.82) is 0 Å². The molecule has 1 N–H and O–H groups in total. The van der Waals surface area contributed by atoms with Gasteiger partial charge in [-0.3, -0.25) is 9.59 Å². The van der Waals surface area contributed by atoms with Crippen LogP contribution in [0.1, 0.15) is 5.56 Å². The van der Waals surface area contributed by atoms with Gasteiger partial charge in [0.1, 0.15) is 13.2 Å². The first-order valence-electron chi connectivity index (χ1n) is 5.52. The van der Waals surface area contributed by atoms with Gasteiger partial charge in [0.15, 0.2) is 0 Å². The highest BCUT2D eigenvalue weighted by Gasteiger charge is 2.27. The van der Waals surface area contributed by atoms with E-state index in [1.807, 2.05) is 0 Å². The molecule has 1 aromatic carbocycles. The van der Waals surface area contributed by atoms with Gasteiger partial charge in [0.2, 0.25) is 0 Å². The molecule has 6 heteroatoms. The number of carbonyl (C=O) groups excluding carboxylic acids is 2. The van der Waals surface area contributed by atoms with E-state index in [1.54, 1.807) is 24.3 Å². The van der Waals surface area contributed by atoms with E-state index in [-0.39, 0.29) is 13.2 Å². The highest BCUT2D eigenvalue weighted by Crippen LogP contribution is 2.18. The summed E-state index contributed by atoms with van der Waals surface area (Å²) in [4.78, 5) is 34.6. The molecule has 1 aromatic rings. The summed E-state index contributed by atoms with van der Waals surface area (Å²) in [5.41, 5.74) is 1.12. The number of rotatable bonds is 3. The molecule has 0 unspecified atom stereocenters. The number of hydrogen-bond donors (Lipinski definition) is 1. The zero-order chi connectivity index (χ0) is 13.8. The van der Waals surface area contributed by atoms with Crippen molar-refractivity contribution >= 4 is 29.5 Å². The Balaban J connectivity index is 2.20. The molecule has 2 rings (SSSR count). The first-order valence-corrected chi connectivity index (χ1v) is 5.52. The van der Waals surface area contributed by atoms with Crippen LogP contribution >= 0.6 is 0 Å². The Morgan fingerprint density at radius 1 is 1.16 bits per heavy atom.